The summed E-state index contributed by atoms with van der Waals surface area (Å²) in [4.78, 5) is 36.1. The van der Waals surface area contributed by atoms with E-state index in [2.05, 4.69) is 4.98 Å². The lowest BCUT2D eigenvalue weighted by molar-refractivity contribution is -0.127. The van der Waals surface area contributed by atoms with Crippen LogP contribution in [0.5, 0.6) is 0 Å². The van der Waals surface area contributed by atoms with Gasteiger partial charge in [0.25, 0.3) is 0 Å². The molecular weight excluding hydrogens is 330 g/mol. The van der Waals surface area contributed by atoms with E-state index in [-0.39, 0.29) is 11.8 Å². The molecule has 0 spiro atoms. The van der Waals surface area contributed by atoms with Crippen molar-refractivity contribution in [3.05, 3.63) is 41.7 Å². The third-order valence-electron chi connectivity index (χ3n) is 4.68. The van der Waals surface area contributed by atoms with Crippen LogP contribution in [0.2, 0.25) is 0 Å². The molecule has 1 unspecified atom stereocenters. The first-order chi connectivity index (χ1) is 12.4. The Morgan fingerprint density at radius 2 is 2.08 bits per heavy atom. The Kier molecular flexibility index (Phi) is 4.88. The number of carbonyl (C=O) groups is 2. The maximum Gasteiger partial charge on any atom is 0.248 e. The van der Waals surface area contributed by atoms with Crippen molar-refractivity contribution in [2.45, 2.75) is 19.3 Å². The molecule has 1 saturated heterocycles. The molecule has 7 heteroatoms. The Balaban J connectivity index is 2.06. The van der Waals surface area contributed by atoms with Crippen molar-refractivity contribution in [1.29, 1.82) is 0 Å². The predicted molar refractivity (Wildman–Crippen MR) is 99.9 cm³/mol. The van der Waals surface area contributed by atoms with Crippen LogP contribution >= 0.6 is 0 Å². The number of primary amides is 1. The fraction of sp³-hybridized carbons (Fsp3) is 0.368. The molecule has 1 atom stereocenters. The number of carbonyl (C=O) groups excluding carboxylic acids is 2. The van der Waals surface area contributed by atoms with Gasteiger partial charge in [-0.1, -0.05) is 12.1 Å². The highest BCUT2D eigenvalue weighted by Gasteiger charge is 2.29. The van der Waals surface area contributed by atoms with Gasteiger partial charge in [0.2, 0.25) is 17.8 Å². The van der Waals surface area contributed by atoms with Crippen LogP contribution < -0.4 is 10.6 Å². The minimum atomic E-state index is -0.470. The first-order valence-corrected chi connectivity index (χ1v) is 8.57. The van der Waals surface area contributed by atoms with Gasteiger partial charge in [0.1, 0.15) is 0 Å². The monoisotopic (exact) mass is 353 g/mol. The van der Waals surface area contributed by atoms with E-state index in [9.17, 15) is 9.59 Å². The van der Waals surface area contributed by atoms with Crippen LogP contribution in [-0.4, -0.2) is 53.9 Å². The van der Waals surface area contributed by atoms with Gasteiger partial charge in [0.05, 0.1) is 5.69 Å². The molecule has 1 aliphatic rings. The van der Waals surface area contributed by atoms with Gasteiger partial charge in [-0.3, -0.25) is 9.59 Å². The summed E-state index contributed by atoms with van der Waals surface area (Å²) in [6, 6.07) is 7.17. The average Bonchev–Trinajstić information content (AvgIpc) is 3.11. The van der Waals surface area contributed by atoms with Crippen LogP contribution in [-0.2, 0) is 4.79 Å². The number of likely N-dealkylation sites (tertiary alicyclic amines) is 1. The van der Waals surface area contributed by atoms with E-state index < -0.39 is 5.91 Å². The van der Waals surface area contributed by atoms with E-state index in [1.165, 1.54) is 0 Å². The van der Waals surface area contributed by atoms with Gasteiger partial charge in [-0.05, 0) is 24.1 Å². The van der Waals surface area contributed by atoms with Crippen molar-refractivity contribution in [3.63, 3.8) is 0 Å². The number of hydrogen-bond acceptors (Lipinski definition) is 5. The van der Waals surface area contributed by atoms with E-state index in [1.807, 2.05) is 30.0 Å². The summed E-state index contributed by atoms with van der Waals surface area (Å²) in [5.74, 6) is 0.360. The van der Waals surface area contributed by atoms with Gasteiger partial charge >= 0.3 is 0 Å². The van der Waals surface area contributed by atoms with Crippen LogP contribution in [0.4, 0.5) is 5.95 Å². The van der Waals surface area contributed by atoms with Crippen molar-refractivity contribution in [3.8, 4) is 11.1 Å². The topological polar surface area (TPSA) is 92.4 Å². The van der Waals surface area contributed by atoms with E-state index in [1.54, 1.807) is 31.3 Å². The summed E-state index contributed by atoms with van der Waals surface area (Å²) < 4.78 is 0. The molecule has 2 aromatic rings. The first kappa shape index (κ1) is 17.8. The molecular formula is C19H23N5O2. The Labute approximate surface area is 152 Å². The summed E-state index contributed by atoms with van der Waals surface area (Å²) in [6.07, 6.45) is 2.64. The Hall–Kier alpha value is -2.96. The summed E-state index contributed by atoms with van der Waals surface area (Å²) in [6.45, 7) is 2.95. The molecule has 2 N–H and O–H groups in total. The molecule has 0 aliphatic carbocycles. The van der Waals surface area contributed by atoms with Crippen LogP contribution in [0.25, 0.3) is 11.1 Å². The van der Waals surface area contributed by atoms with Crippen molar-refractivity contribution in [2.24, 2.45) is 5.73 Å². The third kappa shape index (κ3) is 3.51. The summed E-state index contributed by atoms with van der Waals surface area (Å²) in [5, 5.41) is 0. The SMILES string of the molecule is CC(=O)N1CCC(c2nc(N(C)C)ncc2-c2cccc(C(N)=O)c2)C1. The molecule has 136 valence electrons. The first-order valence-electron chi connectivity index (χ1n) is 8.57. The molecule has 2 amide bonds. The maximum atomic E-state index is 11.7. The second-order valence-corrected chi connectivity index (χ2v) is 6.76. The summed E-state index contributed by atoms with van der Waals surface area (Å²) >= 11 is 0. The third-order valence-corrected chi connectivity index (χ3v) is 4.68. The minimum Gasteiger partial charge on any atom is -0.366 e. The van der Waals surface area contributed by atoms with E-state index in [0.717, 1.165) is 29.8 Å². The van der Waals surface area contributed by atoms with Gasteiger partial charge in [0.15, 0.2) is 0 Å². The zero-order valence-electron chi connectivity index (χ0n) is 15.3. The molecule has 0 radical (unpaired) electrons. The van der Waals surface area contributed by atoms with Gasteiger partial charge in [-0.25, -0.2) is 9.97 Å². The number of nitrogens with zero attached hydrogens (tertiary/aromatic N) is 4. The van der Waals surface area contributed by atoms with Gasteiger partial charge in [-0.2, -0.15) is 0 Å². The molecule has 0 bridgehead atoms. The molecule has 1 fully saturated rings. The fourth-order valence-electron chi connectivity index (χ4n) is 3.24. The highest BCUT2D eigenvalue weighted by atomic mass is 16.2. The molecule has 0 saturated carbocycles. The number of hydrogen-bond donors (Lipinski definition) is 1. The summed E-state index contributed by atoms with van der Waals surface area (Å²) in [5.41, 5.74) is 8.48. The number of rotatable bonds is 4. The number of anilines is 1. The van der Waals surface area contributed by atoms with Crippen molar-refractivity contribution < 1.29 is 9.59 Å². The predicted octanol–water partition coefficient (Wildman–Crippen LogP) is 1.64. The van der Waals surface area contributed by atoms with Crippen LogP contribution in [0.15, 0.2) is 30.5 Å². The molecule has 1 aromatic heterocycles. The van der Waals surface area contributed by atoms with E-state index in [4.69, 9.17) is 10.7 Å². The van der Waals surface area contributed by atoms with Gasteiger partial charge < -0.3 is 15.5 Å². The van der Waals surface area contributed by atoms with E-state index in [0.29, 0.717) is 18.1 Å². The highest BCUT2D eigenvalue weighted by Crippen LogP contribution is 2.34. The fourth-order valence-corrected chi connectivity index (χ4v) is 3.24. The Bertz CT molecular complexity index is 850. The smallest absolute Gasteiger partial charge is 0.248 e. The van der Waals surface area contributed by atoms with Crippen LogP contribution in [0, 0.1) is 0 Å². The lowest BCUT2D eigenvalue weighted by Crippen LogP contribution is -2.25. The second-order valence-electron chi connectivity index (χ2n) is 6.76. The molecule has 1 aliphatic heterocycles. The van der Waals surface area contributed by atoms with Gasteiger partial charge in [0, 0.05) is 57.4 Å². The van der Waals surface area contributed by atoms with Crippen molar-refractivity contribution >= 4 is 17.8 Å². The Morgan fingerprint density at radius 1 is 1.31 bits per heavy atom. The number of aromatic nitrogens is 2. The van der Waals surface area contributed by atoms with Crippen LogP contribution in [0.3, 0.4) is 0 Å². The number of amides is 2. The van der Waals surface area contributed by atoms with E-state index >= 15 is 0 Å². The minimum absolute atomic E-state index is 0.0756. The standard InChI is InChI=1S/C19H23N5O2/c1-12(25)24-8-7-15(11-24)17-16(10-21-19(22-17)23(2)3)13-5-4-6-14(9-13)18(20)26/h4-6,9-10,15H,7-8,11H2,1-3H3,(H2,20,26). The molecule has 2 heterocycles. The summed E-state index contributed by atoms with van der Waals surface area (Å²) in [7, 11) is 3.78. The number of benzene rings is 1. The zero-order valence-corrected chi connectivity index (χ0v) is 15.3. The second kappa shape index (κ2) is 7.11. The van der Waals surface area contributed by atoms with Crippen molar-refractivity contribution in [2.75, 3.05) is 32.1 Å². The van der Waals surface area contributed by atoms with Crippen LogP contribution in [0.1, 0.15) is 35.3 Å². The Morgan fingerprint density at radius 3 is 2.69 bits per heavy atom. The molecule has 26 heavy (non-hydrogen) atoms. The van der Waals surface area contributed by atoms with Gasteiger partial charge in [-0.15, -0.1) is 0 Å². The molecule has 3 rings (SSSR count). The largest absolute Gasteiger partial charge is 0.366 e. The van der Waals surface area contributed by atoms with Crippen molar-refractivity contribution in [1.82, 2.24) is 14.9 Å². The molecule has 1 aromatic carbocycles. The average molecular weight is 353 g/mol. The number of nitrogens with two attached hydrogens (primary N) is 1. The lowest BCUT2D eigenvalue weighted by atomic mass is 9.95. The maximum absolute atomic E-state index is 11.7. The highest BCUT2D eigenvalue weighted by molar-refractivity contribution is 5.94. The molecule has 7 nitrogen and oxygen atoms in total. The quantitative estimate of drug-likeness (QED) is 0.902. The zero-order chi connectivity index (χ0) is 18.8. The normalized spacial score (nSPS) is 16.6. The lowest BCUT2D eigenvalue weighted by Gasteiger charge is -2.19.